The largest absolute Gasteiger partial charge is 0.311 e. The van der Waals surface area contributed by atoms with Gasteiger partial charge in [-0.05, 0) is 31.2 Å². The van der Waals surface area contributed by atoms with E-state index in [1.54, 1.807) is 0 Å². The van der Waals surface area contributed by atoms with Gasteiger partial charge in [0.15, 0.2) is 0 Å². The van der Waals surface area contributed by atoms with Crippen LogP contribution >= 0.6 is 0 Å². The van der Waals surface area contributed by atoms with E-state index in [9.17, 15) is 0 Å². The van der Waals surface area contributed by atoms with Gasteiger partial charge in [0.25, 0.3) is 0 Å². The van der Waals surface area contributed by atoms with E-state index in [1.165, 1.54) is 38.6 Å². The molecule has 1 atom stereocenters. The molecule has 1 spiro atoms. The van der Waals surface area contributed by atoms with E-state index in [2.05, 4.69) is 19.2 Å². The zero-order chi connectivity index (χ0) is 7.95. The fourth-order valence-electron chi connectivity index (χ4n) is 2.79. The summed E-state index contributed by atoms with van der Waals surface area (Å²) in [6.07, 6.45) is 7.13. The van der Waals surface area contributed by atoms with Gasteiger partial charge in [-0.15, -0.1) is 0 Å². The molecular weight excluding hydrogens is 134 g/mol. The van der Waals surface area contributed by atoms with Gasteiger partial charge in [0.05, 0.1) is 0 Å². The van der Waals surface area contributed by atoms with Crippen LogP contribution in [0.1, 0.15) is 46.0 Å². The van der Waals surface area contributed by atoms with Gasteiger partial charge in [-0.3, -0.25) is 0 Å². The molecule has 0 amide bonds. The number of nitrogens with one attached hydrogen (secondary N) is 1. The first-order valence-electron chi connectivity index (χ1n) is 4.91. The number of rotatable bonds is 0. The van der Waals surface area contributed by atoms with Crippen molar-refractivity contribution < 1.29 is 0 Å². The van der Waals surface area contributed by atoms with Crippen molar-refractivity contribution in [3.8, 4) is 0 Å². The van der Waals surface area contributed by atoms with E-state index < -0.39 is 0 Å². The van der Waals surface area contributed by atoms with E-state index in [-0.39, 0.29) is 0 Å². The van der Waals surface area contributed by atoms with E-state index >= 15 is 0 Å². The van der Waals surface area contributed by atoms with Crippen LogP contribution in [0, 0.1) is 5.41 Å². The lowest BCUT2D eigenvalue weighted by atomic mass is 9.59. The Hall–Kier alpha value is -0.0400. The maximum absolute atomic E-state index is 3.65. The van der Waals surface area contributed by atoms with Crippen molar-refractivity contribution in [3.63, 3.8) is 0 Å². The summed E-state index contributed by atoms with van der Waals surface area (Å²) in [6.45, 7) is 6.11. The fourth-order valence-corrected chi connectivity index (χ4v) is 2.79. The highest BCUT2D eigenvalue weighted by Gasteiger charge is 2.49. The number of hydrogen-bond donors (Lipinski definition) is 1. The molecule has 0 aromatic carbocycles. The van der Waals surface area contributed by atoms with Gasteiger partial charge in [0, 0.05) is 5.54 Å². The summed E-state index contributed by atoms with van der Waals surface area (Å²) in [5.41, 5.74) is 1.11. The minimum absolute atomic E-state index is 0.547. The molecular formula is C10H19N. The van der Waals surface area contributed by atoms with E-state index in [0.717, 1.165) is 0 Å². The monoisotopic (exact) mass is 153 g/mol. The Labute approximate surface area is 69.6 Å². The second-order valence-electron chi connectivity index (χ2n) is 4.85. The lowest BCUT2D eigenvalue weighted by Gasteiger charge is -2.57. The molecule has 2 fully saturated rings. The third kappa shape index (κ3) is 0.936. The van der Waals surface area contributed by atoms with Gasteiger partial charge in [-0.25, -0.2) is 0 Å². The molecule has 11 heavy (non-hydrogen) atoms. The zero-order valence-electron chi connectivity index (χ0n) is 7.74. The molecule has 64 valence electrons. The van der Waals surface area contributed by atoms with Crippen LogP contribution in [0.15, 0.2) is 0 Å². The van der Waals surface area contributed by atoms with Crippen molar-refractivity contribution in [1.29, 1.82) is 0 Å². The minimum atomic E-state index is 0.547. The summed E-state index contributed by atoms with van der Waals surface area (Å²) in [6, 6.07) is 0. The van der Waals surface area contributed by atoms with Crippen LogP contribution < -0.4 is 5.32 Å². The second kappa shape index (κ2) is 2.22. The Morgan fingerprint density at radius 1 is 1.00 bits per heavy atom. The first-order chi connectivity index (χ1) is 5.16. The SMILES string of the molecule is CC1(C)CCCCC12CCN2. The Bertz CT molecular complexity index is 156. The van der Waals surface area contributed by atoms with Gasteiger partial charge in [-0.2, -0.15) is 0 Å². The van der Waals surface area contributed by atoms with Crippen molar-refractivity contribution in [2.75, 3.05) is 6.54 Å². The highest BCUT2D eigenvalue weighted by atomic mass is 15.1. The van der Waals surface area contributed by atoms with Gasteiger partial charge in [-0.1, -0.05) is 26.7 Å². The quantitative estimate of drug-likeness (QED) is 0.563. The van der Waals surface area contributed by atoms with Gasteiger partial charge < -0.3 is 5.32 Å². The fraction of sp³-hybridized carbons (Fsp3) is 1.00. The Balaban J connectivity index is 2.15. The van der Waals surface area contributed by atoms with Crippen molar-refractivity contribution in [2.24, 2.45) is 5.41 Å². The van der Waals surface area contributed by atoms with E-state index in [1.807, 2.05) is 0 Å². The van der Waals surface area contributed by atoms with Crippen LogP contribution in [0.2, 0.25) is 0 Å². The average molecular weight is 153 g/mol. The first kappa shape index (κ1) is 7.60. The third-order valence-electron chi connectivity index (χ3n) is 3.97. The molecule has 1 heterocycles. The molecule has 2 aliphatic rings. The average Bonchev–Trinajstić information content (AvgIpc) is 1.83. The molecule has 1 saturated carbocycles. The molecule has 0 aromatic rings. The van der Waals surface area contributed by atoms with E-state index in [4.69, 9.17) is 0 Å². The molecule has 1 aliphatic heterocycles. The Morgan fingerprint density at radius 3 is 2.00 bits per heavy atom. The molecule has 2 rings (SSSR count). The maximum Gasteiger partial charge on any atom is 0.0244 e. The second-order valence-corrected chi connectivity index (χ2v) is 4.85. The van der Waals surface area contributed by atoms with Gasteiger partial charge >= 0.3 is 0 Å². The maximum atomic E-state index is 3.65. The lowest BCUT2D eigenvalue weighted by molar-refractivity contribution is 0.00647. The van der Waals surface area contributed by atoms with Crippen LogP contribution in [-0.2, 0) is 0 Å². The lowest BCUT2D eigenvalue weighted by Crippen LogP contribution is -2.66. The smallest absolute Gasteiger partial charge is 0.0244 e. The van der Waals surface area contributed by atoms with Crippen LogP contribution in [0.3, 0.4) is 0 Å². The topological polar surface area (TPSA) is 12.0 Å². The van der Waals surface area contributed by atoms with Crippen molar-refractivity contribution >= 4 is 0 Å². The highest BCUT2D eigenvalue weighted by Crippen LogP contribution is 2.48. The zero-order valence-corrected chi connectivity index (χ0v) is 7.74. The van der Waals surface area contributed by atoms with Crippen LogP contribution in [-0.4, -0.2) is 12.1 Å². The molecule has 0 aromatic heterocycles. The van der Waals surface area contributed by atoms with Crippen molar-refractivity contribution in [3.05, 3.63) is 0 Å². The predicted molar refractivity (Wildman–Crippen MR) is 47.6 cm³/mol. The summed E-state index contributed by atoms with van der Waals surface area (Å²) < 4.78 is 0. The molecule has 1 heteroatoms. The van der Waals surface area contributed by atoms with Gasteiger partial charge in [0.2, 0.25) is 0 Å². The van der Waals surface area contributed by atoms with E-state index in [0.29, 0.717) is 11.0 Å². The molecule has 1 nitrogen and oxygen atoms in total. The molecule has 0 radical (unpaired) electrons. The van der Waals surface area contributed by atoms with Crippen LogP contribution in [0.25, 0.3) is 0 Å². The summed E-state index contributed by atoms with van der Waals surface area (Å²) in [7, 11) is 0. The predicted octanol–water partition coefficient (Wildman–Crippen LogP) is 2.32. The molecule has 1 aliphatic carbocycles. The van der Waals surface area contributed by atoms with Crippen LogP contribution in [0.5, 0.6) is 0 Å². The Morgan fingerprint density at radius 2 is 1.64 bits per heavy atom. The molecule has 1 N–H and O–H groups in total. The highest BCUT2D eigenvalue weighted by molar-refractivity contribution is 5.08. The summed E-state index contributed by atoms with van der Waals surface area (Å²) >= 11 is 0. The van der Waals surface area contributed by atoms with Crippen LogP contribution in [0.4, 0.5) is 0 Å². The summed E-state index contributed by atoms with van der Waals surface area (Å²) in [5.74, 6) is 0. The van der Waals surface area contributed by atoms with Gasteiger partial charge in [0.1, 0.15) is 0 Å². The summed E-state index contributed by atoms with van der Waals surface area (Å²) in [4.78, 5) is 0. The third-order valence-corrected chi connectivity index (χ3v) is 3.97. The van der Waals surface area contributed by atoms with Crippen molar-refractivity contribution in [2.45, 2.75) is 51.5 Å². The number of hydrogen-bond acceptors (Lipinski definition) is 1. The molecule has 1 unspecified atom stereocenters. The molecule has 1 saturated heterocycles. The minimum Gasteiger partial charge on any atom is -0.311 e. The normalized spacial score (nSPS) is 42.0. The molecule has 0 bridgehead atoms. The summed E-state index contributed by atoms with van der Waals surface area (Å²) in [5, 5.41) is 3.65. The first-order valence-corrected chi connectivity index (χ1v) is 4.91. The standard InChI is InChI=1S/C10H19N/c1-9(2)5-3-4-6-10(9)7-8-11-10/h11H,3-8H2,1-2H3. The Kier molecular flexibility index (Phi) is 1.54. The van der Waals surface area contributed by atoms with Crippen molar-refractivity contribution in [1.82, 2.24) is 5.32 Å².